The van der Waals surface area contributed by atoms with E-state index in [2.05, 4.69) is 5.32 Å². The maximum Gasteiger partial charge on any atom is 0.338 e. The summed E-state index contributed by atoms with van der Waals surface area (Å²) in [4.78, 5) is 51.4. The highest BCUT2D eigenvalue weighted by Crippen LogP contribution is 2.40. The molecule has 1 fully saturated rings. The first-order valence-corrected chi connectivity index (χ1v) is 10.9. The van der Waals surface area contributed by atoms with Crippen molar-refractivity contribution in [3.8, 4) is 0 Å². The number of carbonyl (C=O) groups is 4. The highest BCUT2D eigenvalue weighted by molar-refractivity contribution is 6.22. The number of allylic oxidation sites excluding steroid dienone is 2. The predicted molar refractivity (Wildman–Crippen MR) is 124 cm³/mol. The molecular weight excluding hydrogens is 420 g/mol. The van der Waals surface area contributed by atoms with E-state index in [0.717, 1.165) is 11.1 Å². The Morgan fingerprint density at radius 3 is 2.42 bits per heavy atom. The topological polar surface area (TPSA) is 92.8 Å². The van der Waals surface area contributed by atoms with Gasteiger partial charge in [-0.2, -0.15) is 0 Å². The van der Waals surface area contributed by atoms with Crippen molar-refractivity contribution in [3.63, 3.8) is 0 Å². The number of ether oxygens (including phenoxy) is 1. The summed E-state index contributed by atoms with van der Waals surface area (Å²) in [5.74, 6) is -2.20. The van der Waals surface area contributed by atoms with Crippen molar-refractivity contribution in [3.05, 3.63) is 71.3 Å². The van der Waals surface area contributed by atoms with Crippen LogP contribution < -0.4 is 10.2 Å². The van der Waals surface area contributed by atoms with Crippen LogP contribution in [-0.2, 0) is 19.1 Å². The molecule has 0 saturated carbocycles. The first-order valence-electron chi connectivity index (χ1n) is 10.9. The minimum Gasteiger partial charge on any atom is -0.452 e. The van der Waals surface area contributed by atoms with Crippen molar-refractivity contribution in [2.24, 2.45) is 17.8 Å². The van der Waals surface area contributed by atoms with E-state index >= 15 is 0 Å². The van der Waals surface area contributed by atoms with Crippen LogP contribution in [0.1, 0.15) is 34.8 Å². The summed E-state index contributed by atoms with van der Waals surface area (Å²) in [6, 6.07) is 11.6. The number of nitrogens with one attached hydrogen (secondary N) is 1. The van der Waals surface area contributed by atoms with Gasteiger partial charge in [-0.1, -0.05) is 25.1 Å². The third-order valence-electron chi connectivity index (χ3n) is 6.36. The lowest BCUT2D eigenvalue weighted by Crippen LogP contribution is -2.31. The number of benzene rings is 2. The van der Waals surface area contributed by atoms with E-state index in [0.29, 0.717) is 17.8 Å². The van der Waals surface area contributed by atoms with Gasteiger partial charge in [0.05, 0.1) is 23.1 Å². The predicted octanol–water partition coefficient (Wildman–Crippen LogP) is 3.80. The van der Waals surface area contributed by atoms with Crippen molar-refractivity contribution in [1.82, 2.24) is 0 Å². The summed E-state index contributed by atoms with van der Waals surface area (Å²) >= 11 is 0. The third kappa shape index (κ3) is 4.44. The minimum atomic E-state index is -0.664. The maximum absolute atomic E-state index is 12.9. The SMILES string of the molecule is Cc1ccc(NC(=O)COC(=O)c2ccc(N3C(=O)[C@H]4[C@@H](C)C=CC[C@H]4C3=O)cc2)cc1C. The average molecular weight is 447 g/mol. The van der Waals surface area contributed by atoms with E-state index in [-0.39, 0.29) is 35.1 Å². The molecule has 1 aliphatic heterocycles. The molecule has 0 bridgehead atoms. The molecule has 2 aromatic carbocycles. The molecule has 1 heterocycles. The zero-order chi connectivity index (χ0) is 23.7. The summed E-state index contributed by atoms with van der Waals surface area (Å²) in [6.07, 6.45) is 4.49. The molecule has 2 aromatic rings. The van der Waals surface area contributed by atoms with E-state index in [9.17, 15) is 19.2 Å². The fourth-order valence-corrected chi connectivity index (χ4v) is 4.38. The number of imide groups is 1. The molecule has 7 nitrogen and oxygen atoms in total. The van der Waals surface area contributed by atoms with Crippen LogP contribution in [0.15, 0.2) is 54.6 Å². The second-order valence-corrected chi connectivity index (χ2v) is 8.64. The molecule has 3 amide bonds. The lowest BCUT2D eigenvalue weighted by atomic mass is 9.78. The van der Waals surface area contributed by atoms with Crippen molar-refractivity contribution < 1.29 is 23.9 Å². The quantitative estimate of drug-likeness (QED) is 0.428. The van der Waals surface area contributed by atoms with Gasteiger partial charge in [0.2, 0.25) is 11.8 Å². The summed E-state index contributed by atoms with van der Waals surface area (Å²) in [7, 11) is 0. The standard InChI is InChI=1S/C26H26N2O5/c1-15-7-10-19(13-17(15)3)27-22(29)14-33-26(32)18-8-11-20(12-9-18)28-24(30)21-6-4-5-16(2)23(21)25(28)31/h4-5,7-13,16,21,23H,6,14H2,1-3H3,(H,27,29)/t16-,21+,23-/m0/s1. The van der Waals surface area contributed by atoms with Crippen LogP contribution in [0.25, 0.3) is 0 Å². The number of rotatable bonds is 5. The number of amides is 3. The zero-order valence-corrected chi connectivity index (χ0v) is 18.8. The van der Waals surface area contributed by atoms with Crippen molar-refractivity contribution in [2.45, 2.75) is 27.2 Å². The van der Waals surface area contributed by atoms with Crippen LogP contribution in [0.5, 0.6) is 0 Å². The van der Waals surface area contributed by atoms with E-state index in [1.54, 1.807) is 18.2 Å². The minimum absolute atomic E-state index is 0.00872. The molecule has 0 unspecified atom stereocenters. The van der Waals surface area contributed by atoms with Gasteiger partial charge in [-0.05, 0) is 73.7 Å². The van der Waals surface area contributed by atoms with Gasteiger partial charge in [0.25, 0.3) is 5.91 Å². The Labute approximate surface area is 192 Å². The summed E-state index contributed by atoms with van der Waals surface area (Å²) in [5.41, 5.74) is 3.45. The first kappa shape index (κ1) is 22.5. The molecule has 1 saturated heterocycles. The Morgan fingerprint density at radius 2 is 1.76 bits per heavy atom. The number of anilines is 2. The highest BCUT2D eigenvalue weighted by atomic mass is 16.5. The Balaban J connectivity index is 1.36. The smallest absolute Gasteiger partial charge is 0.338 e. The van der Waals surface area contributed by atoms with Gasteiger partial charge in [0.15, 0.2) is 6.61 Å². The van der Waals surface area contributed by atoms with Crippen LogP contribution in [0.2, 0.25) is 0 Å². The summed E-state index contributed by atoms with van der Waals surface area (Å²) < 4.78 is 5.11. The van der Waals surface area contributed by atoms with Gasteiger partial charge in [-0.15, -0.1) is 0 Å². The van der Waals surface area contributed by atoms with E-state index in [1.807, 2.05) is 45.1 Å². The molecule has 4 rings (SSSR count). The summed E-state index contributed by atoms with van der Waals surface area (Å²) in [6.45, 7) is 5.44. The van der Waals surface area contributed by atoms with Crippen molar-refractivity contribution >= 4 is 35.1 Å². The zero-order valence-electron chi connectivity index (χ0n) is 18.8. The fraction of sp³-hybridized carbons (Fsp3) is 0.308. The molecular formula is C26H26N2O5. The van der Waals surface area contributed by atoms with E-state index in [1.165, 1.54) is 17.0 Å². The average Bonchev–Trinajstić information content (AvgIpc) is 3.06. The van der Waals surface area contributed by atoms with E-state index in [4.69, 9.17) is 4.74 Å². The third-order valence-corrected chi connectivity index (χ3v) is 6.36. The number of fused-ring (bicyclic) bond motifs is 1. The Bertz CT molecular complexity index is 1150. The molecule has 1 aliphatic carbocycles. The maximum atomic E-state index is 12.9. The molecule has 170 valence electrons. The number of nitrogens with zero attached hydrogens (tertiary/aromatic N) is 1. The summed E-state index contributed by atoms with van der Waals surface area (Å²) in [5, 5.41) is 2.70. The van der Waals surface area contributed by atoms with Crippen LogP contribution in [0.3, 0.4) is 0 Å². The van der Waals surface area contributed by atoms with Gasteiger partial charge < -0.3 is 10.1 Å². The number of aryl methyl sites for hydroxylation is 2. The lowest BCUT2D eigenvalue weighted by Gasteiger charge is -2.22. The Hall–Kier alpha value is -3.74. The fourth-order valence-electron chi connectivity index (χ4n) is 4.38. The second-order valence-electron chi connectivity index (χ2n) is 8.64. The molecule has 0 spiro atoms. The van der Waals surface area contributed by atoms with Crippen LogP contribution in [0.4, 0.5) is 11.4 Å². The molecule has 0 radical (unpaired) electrons. The molecule has 33 heavy (non-hydrogen) atoms. The Morgan fingerprint density at radius 1 is 1.03 bits per heavy atom. The van der Waals surface area contributed by atoms with Crippen molar-refractivity contribution in [2.75, 3.05) is 16.8 Å². The second kappa shape index (κ2) is 9.02. The van der Waals surface area contributed by atoms with Crippen LogP contribution >= 0.6 is 0 Å². The van der Waals surface area contributed by atoms with Gasteiger partial charge >= 0.3 is 5.97 Å². The lowest BCUT2D eigenvalue weighted by molar-refractivity contribution is -0.123. The number of hydrogen-bond acceptors (Lipinski definition) is 5. The van der Waals surface area contributed by atoms with Crippen LogP contribution in [-0.4, -0.2) is 30.3 Å². The van der Waals surface area contributed by atoms with Gasteiger partial charge in [-0.25, -0.2) is 4.79 Å². The Kier molecular flexibility index (Phi) is 6.14. The van der Waals surface area contributed by atoms with E-state index < -0.39 is 18.5 Å². The normalized spacial score (nSPS) is 21.7. The largest absolute Gasteiger partial charge is 0.452 e. The molecule has 2 aliphatic rings. The van der Waals surface area contributed by atoms with Gasteiger partial charge in [-0.3, -0.25) is 19.3 Å². The van der Waals surface area contributed by atoms with Crippen LogP contribution in [0, 0.1) is 31.6 Å². The highest BCUT2D eigenvalue weighted by Gasteiger charge is 2.50. The number of carbonyl (C=O) groups excluding carboxylic acids is 4. The molecule has 7 heteroatoms. The molecule has 0 aromatic heterocycles. The molecule has 3 atom stereocenters. The monoisotopic (exact) mass is 446 g/mol. The molecule has 1 N–H and O–H groups in total. The number of hydrogen-bond donors (Lipinski definition) is 1. The first-order chi connectivity index (χ1) is 15.8. The number of esters is 1. The van der Waals surface area contributed by atoms with Gasteiger partial charge in [0.1, 0.15) is 0 Å². The van der Waals surface area contributed by atoms with Crippen molar-refractivity contribution in [1.29, 1.82) is 0 Å². The van der Waals surface area contributed by atoms with Gasteiger partial charge in [0, 0.05) is 5.69 Å².